The molecule has 0 saturated carbocycles. The molecule has 0 spiro atoms. The highest BCUT2D eigenvalue weighted by molar-refractivity contribution is 6.31. The zero-order valence-electron chi connectivity index (χ0n) is 9.37. The highest BCUT2D eigenvalue weighted by Gasteiger charge is 2.05. The highest BCUT2D eigenvalue weighted by Crippen LogP contribution is 2.25. The summed E-state index contributed by atoms with van der Waals surface area (Å²) < 4.78 is 0. The molecular weight excluding hydrogens is 232 g/mol. The van der Waals surface area contributed by atoms with Crippen molar-refractivity contribution in [3.05, 3.63) is 53.1 Å². The molecular formula is C14H11ClN2. The van der Waals surface area contributed by atoms with Gasteiger partial charge in [-0.25, -0.2) is 4.98 Å². The van der Waals surface area contributed by atoms with Crippen molar-refractivity contribution in [2.24, 2.45) is 0 Å². The Morgan fingerprint density at radius 1 is 1.12 bits per heavy atom. The van der Waals surface area contributed by atoms with Crippen molar-refractivity contribution in [3.8, 4) is 11.4 Å². The van der Waals surface area contributed by atoms with Crippen LogP contribution in [0, 0.1) is 6.92 Å². The van der Waals surface area contributed by atoms with E-state index in [1.807, 2.05) is 49.4 Å². The molecule has 0 aliphatic heterocycles. The molecule has 1 aromatic heterocycles. The number of benzene rings is 2. The van der Waals surface area contributed by atoms with E-state index in [2.05, 4.69) is 9.97 Å². The predicted octanol–water partition coefficient (Wildman–Crippen LogP) is 4.19. The Bertz CT molecular complexity index is 653. The van der Waals surface area contributed by atoms with E-state index < -0.39 is 0 Å². The van der Waals surface area contributed by atoms with Crippen LogP contribution in [0.15, 0.2) is 42.5 Å². The fourth-order valence-corrected chi connectivity index (χ4v) is 2.01. The Labute approximate surface area is 104 Å². The van der Waals surface area contributed by atoms with Gasteiger partial charge in [0.2, 0.25) is 0 Å². The molecule has 0 aliphatic rings. The second-order valence-corrected chi connectivity index (χ2v) is 4.47. The summed E-state index contributed by atoms with van der Waals surface area (Å²) in [6.07, 6.45) is 0. The lowest BCUT2D eigenvalue weighted by atomic mass is 10.1. The van der Waals surface area contributed by atoms with Crippen molar-refractivity contribution in [1.82, 2.24) is 9.97 Å². The number of imidazole rings is 1. The molecule has 3 heteroatoms. The van der Waals surface area contributed by atoms with Crippen LogP contribution in [0.25, 0.3) is 22.4 Å². The molecule has 0 fully saturated rings. The first-order valence-corrected chi connectivity index (χ1v) is 5.83. The topological polar surface area (TPSA) is 28.7 Å². The van der Waals surface area contributed by atoms with Gasteiger partial charge in [-0.3, -0.25) is 0 Å². The lowest BCUT2D eigenvalue weighted by molar-refractivity contribution is 1.33. The number of para-hydroxylation sites is 2. The molecule has 3 aromatic rings. The van der Waals surface area contributed by atoms with Gasteiger partial charge in [0.05, 0.1) is 11.0 Å². The van der Waals surface area contributed by atoms with E-state index in [0.29, 0.717) is 0 Å². The predicted molar refractivity (Wildman–Crippen MR) is 71.3 cm³/mol. The van der Waals surface area contributed by atoms with Crippen molar-refractivity contribution in [2.45, 2.75) is 6.92 Å². The van der Waals surface area contributed by atoms with E-state index >= 15 is 0 Å². The number of halogens is 1. The molecule has 84 valence electrons. The SMILES string of the molecule is Cc1ccc(-c2nc3ccccc3[nH]2)cc1Cl. The molecule has 3 rings (SSSR count). The maximum Gasteiger partial charge on any atom is 0.138 e. The van der Waals surface area contributed by atoms with Gasteiger partial charge < -0.3 is 4.98 Å². The fraction of sp³-hybridized carbons (Fsp3) is 0.0714. The summed E-state index contributed by atoms with van der Waals surface area (Å²) in [4.78, 5) is 7.83. The van der Waals surface area contributed by atoms with Crippen LogP contribution in [-0.2, 0) is 0 Å². The first-order chi connectivity index (χ1) is 8.24. The Kier molecular flexibility index (Phi) is 2.37. The Balaban J connectivity index is 2.17. The summed E-state index contributed by atoms with van der Waals surface area (Å²) in [5.74, 6) is 0.855. The van der Waals surface area contributed by atoms with Crippen LogP contribution in [0.2, 0.25) is 5.02 Å². The smallest absolute Gasteiger partial charge is 0.138 e. The molecule has 0 aliphatic carbocycles. The van der Waals surface area contributed by atoms with Crippen molar-refractivity contribution >= 4 is 22.6 Å². The van der Waals surface area contributed by atoms with Gasteiger partial charge >= 0.3 is 0 Å². The van der Waals surface area contributed by atoms with E-state index in [9.17, 15) is 0 Å². The lowest BCUT2D eigenvalue weighted by Gasteiger charge is -2.00. The second-order valence-electron chi connectivity index (χ2n) is 4.07. The van der Waals surface area contributed by atoms with Crippen molar-refractivity contribution < 1.29 is 0 Å². The minimum atomic E-state index is 0.767. The minimum Gasteiger partial charge on any atom is -0.338 e. The molecule has 0 saturated heterocycles. The van der Waals surface area contributed by atoms with Crippen molar-refractivity contribution in [3.63, 3.8) is 0 Å². The van der Waals surface area contributed by atoms with Gasteiger partial charge in [-0.2, -0.15) is 0 Å². The summed E-state index contributed by atoms with van der Waals surface area (Å²) in [6.45, 7) is 1.99. The molecule has 2 aromatic carbocycles. The Hall–Kier alpha value is -1.80. The van der Waals surface area contributed by atoms with Gasteiger partial charge in [-0.1, -0.05) is 35.9 Å². The van der Waals surface area contributed by atoms with Crippen LogP contribution in [0.4, 0.5) is 0 Å². The Morgan fingerprint density at radius 2 is 1.94 bits per heavy atom. The first-order valence-electron chi connectivity index (χ1n) is 5.45. The fourth-order valence-electron chi connectivity index (χ4n) is 1.83. The van der Waals surface area contributed by atoms with Gasteiger partial charge in [0.25, 0.3) is 0 Å². The van der Waals surface area contributed by atoms with Crippen LogP contribution in [0.5, 0.6) is 0 Å². The molecule has 0 atom stereocenters. The number of fused-ring (bicyclic) bond motifs is 1. The molecule has 0 amide bonds. The van der Waals surface area contributed by atoms with E-state index in [1.54, 1.807) is 0 Å². The molecule has 1 N–H and O–H groups in total. The highest BCUT2D eigenvalue weighted by atomic mass is 35.5. The normalized spacial score (nSPS) is 10.9. The number of hydrogen-bond donors (Lipinski definition) is 1. The molecule has 17 heavy (non-hydrogen) atoms. The summed E-state index contributed by atoms with van der Waals surface area (Å²) in [6, 6.07) is 14.0. The first kappa shape index (κ1) is 10.4. The maximum absolute atomic E-state index is 6.12. The Morgan fingerprint density at radius 3 is 2.71 bits per heavy atom. The van der Waals surface area contributed by atoms with Gasteiger partial charge in [0.1, 0.15) is 5.82 Å². The zero-order chi connectivity index (χ0) is 11.8. The van der Waals surface area contributed by atoms with Crippen molar-refractivity contribution in [2.75, 3.05) is 0 Å². The third-order valence-electron chi connectivity index (χ3n) is 2.83. The van der Waals surface area contributed by atoms with Gasteiger partial charge in [0.15, 0.2) is 0 Å². The van der Waals surface area contributed by atoms with E-state index in [0.717, 1.165) is 33.0 Å². The van der Waals surface area contributed by atoms with E-state index in [4.69, 9.17) is 11.6 Å². The lowest BCUT2D eigenvalue weighted by Crippen LogP contribution is -1.82. The molecule has 0 unspecified atom stereocenters. The van der Waals surface area contributed by atoms with Gasteiger partial charge in [-0.05, 0) is 30.7 Å². The molecule has 1 heterocycles. The average molecular weight is 243 g/mol. The summed E-state index contributed by atoms with van der Waals surface area (Å²) in [5.41, 5.74) is 4.10. The standard InChI is InChI=1S/C14H11ClN2/c1-9-6-7-10(8-11(9)15)14-16-12-4-2-3-5-13(12)17-14/h2-8H,1H3,(H,16,17). The minimum absolute atomic E-state index is 0.767. The second kappa shape index (κ2) is 3.90. The number of nitrogens with one attached hydrogen (secondary N) is 1. The van der Waals surface area contributed by atoms with Crippen LogP contribution in [-0.4, -0.2) is 9.97 Å². The maximum atomic E-state index is 6.12. The number of aromatic nitrogens is 2. The average Bonchev–Trinajstić information content (AvgIpc) is 2.76. The number of hydrogen-bond acceptors (Lipinski definition) is 1. The van der Waals surface area contributed by atoms with Gasteiger partial charge in [-0.15, -0.1) is 0 Å². The third kappa shape index (κ3) is 1.81. The number of nitrogens with zero attached hydrogens (tertiary/aromatic N) is 1. The summed E-state index contributed by atoms with van der Waals surface area (Å²) in [5, 5.41) is 0.767. The van der Waals surface area contributed by atoms with Crippen LogP contribution >= 0.6 is 11.6 Å². The number of aryl methyl sites for hydroxylation is 1. The van der Waals surface area contributed by atoms with Gasteiger partial charge in [0, 0.05) is 10.6 Å². The molecule has 0 bridgehead atoms. The zero-order valence-corrected chi connectivity index (χ0v) is 10.1. The molecule has 2 nitrogen and oxygen atoms in total. The number of rotatable bonds is 1. The monoisotopic (exact) mass is 242 g/mol. The summed E-state index contributed by atoms with van der Waals surface area (Å²) in [7, 11) is 0. The van der Waals surface area contributed by atoms with E-state index in [-0.39, 0.29) is 0 Å². The van der Waals surface area contributed by atoms with Crippen LogP contribution in [0.1, 0.15) is 5.56 Å². The van der Waals surface area contributed by atoms with Crippen LogP contribution in [0.3, 0.4) is 0 Å². The van der Waals surface area contributed by atoms with Crippen LogP contribution < -0.4 is 0 Å². The largest absolute Gasteiger partial charge is 0.338 e. The molecule has 0 radical (unpaired) electrons. The quantitative estimate of drug-likeness (QED) is 0.681. The number of aromatic amines is 1. The summed E-state index contributed by atoms with van der Waals surface area (Å²) >= 11 is 6.12. The van der Waals surface area contributed by atoms with E-state index in [1.165, 1.54) is 0 Å². The van der Waals surface area contributed by atoms with Crippen molar-refractivity contribution in [1.29, 1.82) is 0 Å². The number of H-pyrrole nitrogens is 1. The third-order valence-corrected chi connectivity index (χ3v) is 3.24.